The second-order valence-corrected chi connectivity index (χ2v) is 7.95. The summed E-state index contributed by atoms with van der Waals surface area (Å²) in [5.74, 6) is -0.0590. The van der Waals surface area contributed by atoms with Crippen molar-refractivity contribution in [1.29, 1.82) is 0 Å². The summed E-state index contributed by atoms with van der Waals surface area (Å²) in [7, 11) is 0. The van der Waals surface area contributed by atoms with Crippen molar-refractivity contribution in [1.82, 2.24) is 4.90 Å². The van der Waals surface area contributed by atoms with E-state index in [9.17, 15) is 9.90 Å². The van der Waals surface area contributed by atoms with Crippen LogP contribution in [0.2, 0.25) is 0 Å². The third kappa shape index (κ3) is 4.95. The van der Waals surface area contributed by atoms with Crippen LogP contribution in [0.25, 0.3) is 0 Å². The van der Waals surface area contributed by atoms with E-state index in [1.54, 1.807) is 0 Å². The van der Waals surface area contributed by atoms with Gasteiger partial charge in [-0.1, -0.05) is 60.7 Å². The summed E-state index contributed by atoms with van der Waals surface area (Å²) in [6.45, 7) is 4.79. The summed E-state index contributed by atoms with van der Waals surface area (Å²) in [4.78, 5) is 14.0. The normalized spacial score (nSPS) is 23.1. The van der Waals surface area contributed by atoms with Crippen LogP contribution in [0.4, 0.5) is 0 Å². The van der Waals surface area contributed by atoms with Crippen LogP contribution in [0.1, 0.15) is 43.7 Å². The maximum atomic E-state index is 11.5. The fraction of sp³-hybridized carbons (Fsp3) is 0.435. The lowest BCUT2D eigenvalue weighted by Crippen LogP contribution is -2.36. The highest BCUT2D eigenvalue weighted by atomic mass is 16.4. The number of hydrogen-bond acceptors (Lipinski definition) is 2. The molecule has 3 nitrogen and oxygen atoms in total. The van der Waals surface area contributed by atoms with Crippen LogP contribution in [-0.4, -0.2) is 22.5 Å². The Hall–Kier alpha value is -2.13. The first-order chi connectivity index (χ1) is 12.5. The maximum absolute atomic E-state index is 11.5. The van der Waals surface area contributed by atoms with Gasteiger partial charge in [-0.3, -0.25) is 9.69 Å². The van der Waals surface area contributed by atoms with Gasteiger partial charge in [0.1, 0.15) is 0 Å². The molecule has 1 fully saturated rings. The molecule has 0 atom stereocenters. The molecule has 0 bridgehead atoms. The highest BCUT2D eigenvalue weighted by Gasteiger charge is 2.37. The summed E-state index contributed by atoms with van der Waals surface area (Å²) in [5.41, 5.74) is 2.13. The zero-order chi connectivity index (χ0) is 18.4. The Kier molecular flexibility index (Phi) is 6.10. The van der Waals surface area contributed by atoms with Crippen LogP contribution < -0.4 is 0 Å². The van der Waals surface area contributed by atoms with Crippen molar-refractivity contribution in [3.05, 3.63) is 71.8 Å². The minimum Gasteiger partial charge on any atom is -0.481 e. The average molecular weight is 351 g/mol. The first kappa shape index (κ1) is 18.7. The molecule has 138 valence electrons. The number of rotatable bonds is 7. The van der Waals surface area contributed by atoms with Gasteiger partial charge in [-0.15, -0.1) is 0 Å². The third-order valence-electron chi connectivity index (χ3n) is 5.74. The Morgan fingerprint density at radius 3 is 1.85 bits per heavy atom. The molecule has 3 rings (SSSR count). The second kappa shape index (κ2) is 8.50. The predicted molar refractivity (Wildman–Crippen MR) is 105 cm³/mol. The molecule has 0 spiro atoms. The van der Waals surface area contributed by atoms with Gasteiger partial charge in [0, 0.05) is 19.6 Å². The molecule has 1 saturated carbocycles. The van der Waals surface area contributed by atoms with Crippen LogP contribution in [-0.2, 0) is 17.9 Å². The molecule has 0 heterocycles. The summed E-state index contributed by atoms with van der Waals surface area (Å²) < 4.78 is 0. The molecule has 2 aromatic rings. The largest absolute Gasteiger partial charge is 0.481 e. The molecular formula is C23H29NO2. The monoisotopic (exact) mass is 351 g/mol. The number of aliphatic carboxylic acids is 1. The minimum atomic E-state index is -0.638. The number of nitrogens with zero attached hydrogens (tertiary/aromatic N) is 1. The Morgan fingerprint density at radius 1 is 0.962 bits per heavy atom. The number of hydrogen-bond donors (Lipinski definition) is 1. The van der Waals surface area contributed by atoms with Crippen molar-refractivity contribution in [2.24, 2.45) is 11.3 Å². The molecule has 0 aliphatic heterocycles. The number of carbonyl (C=O) groups is 1. The number of carboxylic acids is 1. The minimum absolute atomic E-state index is 0.528. The first-order valence-electron chi connectivity index (χ1n) is 9.59. The number of carboxylic acid groups (broad SMARTS) is 1. The quantitative estimate of drug-likeness (QED) is 0.765. The van der Waals surface area contributed by atoms with Gasteiger partial charge in [-0.2, -0.15) is 0 Å². The first-order valence-corrected chi connectivity index (χ1v) is 9.59. The third-order valence-corrected chi connectivity index (χ3v) is 5.74. The fourth-order valence-electron chi connectivity index (χ4n) is 3.94. The van der Waals surface area contributed by atoms with Gasteiger partial charge in [0.15, 0.2) is 0 Å². The average Bonchev–Trinajstić information content (AvgIpc) is 2.65. The predicted octanol–water partition coefficient (Wildman–Crippen LogP) is 4.97. The van der Waals surface area contributed by atoms with E-state index in [2.05, 4.69) is 65.6 Å². The van der Waals surface area contributed by atoms with Crippen LogP contribution in [0.3, 0.4) is 0 Å². The number of benzene rings is 2. The molecule has 0 radical (unpaired) electrons. The van der Waals surface area contributed by atoms with E-state index in [4.69, 9.17) is 0 Å². The van der Waals surface area contributed by atoms with Gasteiger partial charge in [0.05, 0.1) is 5.41 Å². The van der Waals surface area contributed by atoms with Crippen molar-refractivity contribution < 1.29 is 9.90 Å². The second-order valence-electron chi connectivity index (χ2n) is 7.95. The highest BCUT2D eigenvalue weighted by Crippen LogP contribution is 2.39. The van der Waals surface area contributed by atoms with Gasteiger partial charge in [-0.05, 0) is 49.7 Å². The van der Waals surface area contributed by atoms with Crippen molar-refractivity contribution in [3.8, 4) is 0 Å². The van der Waals surface area contributed by atoms with Crippen LogP contribution in [0.15, 0.2) is 60.7 Å². The summed E-state index contributed by atoms with van der Waals surface area (Å²) >= 11 is 0. The maximum Gasteiger partial charge on any atom is 0.309 e. The lowest BCUT2D eigenvalue weighted by molar-refractivity contribution is -0.150. The fourth-order valence-corrected chi connectivity index (χ4v) is 3.94. The molecule has 1 aliphatic rings. The van der Waals surface area contributed by atoms with Crippen molar-refractivity contribution in [2.45, 2.75) is 45.7 Å². The van der Waals surface area contributed by atoms with Gasteiger partial charge in [0.2, 0.25) is 0 Å². The molecular weight excluding hydrogens is 322 g/mol. The zero-order valence-electron chi connectivity index (χ0n) is 15.6. The van der Waals surface area contributed by atoms with Crippen molar-refractivity contribution in [3.63, 3.8) is 0 Å². The summed E-state index contributed by atoms with van der Waals surface area (Å²) in [6.07, 6.45) is 3.58. The summed E-state index contributed by atoms with van der Waals surface area (Å²) in [5, 5.41) is 9.44. The Balaban J connectivity index is 1.65. The van der Waals surface area contributed by atoms with E-state index in [0.717, 1.165) is 45.3 Å². The van der Waals surface area contributed by atoms with Crippen molar-refractivity contribution >= 4 is 5.97 Å². The van der Waals surface area contributed by atoms with E-state index in [-0.39, 0.29) is 0 Å². The molecule has 2 aromatic carbocycles. The van der Waals surface area contributed by atoms with Gasteiger partial charge in [-0.25, -0.2) is 0 Å². The van der Waals surface area contributed by atoms with E-state index >= 15 is 0 Å². The van der Waals surface area contributed by atoms with E-state index in [1.807, 2.05) is 6.92 Å². The van der Waals surface area contributed by atoms with E-state index in [0.29, 0.717) is 5.92 Å². The molecule has 0 aromatic heterocycles. The van der Waals surface area contributed by atoms with Crippen molar-refractivity contribution in [2.75, 3.05) is 6.54 Å². The van der Waals surface area contributed by atoms with Crippen LogP contribution >= 0.6 is 0 Å². The Bertz CT molecular complexity index is 649. The molecule has 1 aliphatic carbocycles. The smallest absolute Gasteiger partial charge is 0.309 e. The highest BCUT2D eigenvalue weighted by molar-refractivity contribution is 5.74. The van der Waals surface area contributed by atoms with Gasteiger partial charge in [0.25, 0.3) is 0 Å². The zero-order valence-corrected chi connectivity index (χ0v) is 15.6. The lowest BCUT2D eigenvalue weighted by atomic mass is 9.71. The van der Waals surface area contributed by atoms with E-state index in [1.165, 1.54) is 11.1 Å². The molecule has 0 unspecified atom stereocenters. The van der Waals surface area contributed by atoms with Crippen LogP contribution in [0, 0.1) is 11.3 Å². The SMILES string of the molecule is CC1(C(=O)O)CCC(CN(Cc2ccccc2)Cc2ccccc2)CC1. The molecule has 3 heteroatoms. The van der Waals surface area contributed by atoms with Crippen LogP contribution in [0.5, 0.6) is 0 Å². The van der Waals surface area contributed by atoms with E-state index < -0.39 is 11.4 Å². The lowest BCUT2D eigenvalue weighted by Gasteiger charge is -2.36. The summed E-state index contributed by atoms with van der Waals surface area (Å²) in [6, 6.07) is 21.2. The molecule has 0 amide bonds. The Labute approximate surface area is 156 Å². The Morgan fingerprint density at radius 2 is 1.42 bits per heavy atom. The van der Waals surface area contributed by atoms with Gasteiger partial charge < -0.3 is 5.11 Å². The molecule has 1 N–H and O–H groups in total. The standard InChI is InChI=1S/C23H29NO2/c1-23(22(25)26)14-12-21(13-15-23)18-24(16-19-8-4-2-5-9-19)17-20-10-6-3-7-11-20/h2-11,21H,12-18H2,1H3,(H,25,26). The molecule has 0 saturated heterocycles. The molecule has 26 heavy (non-hydrogen) atoms. The topological polar surface area (TPSA) is 40.5 Å². The van der Waals surface area contributed by atoms with Gasteiger partial charge >= 0.3 is 5.97 Å².